The Morgan fingerprint density at radius 1 is 0.741 bits per heavy atom. The van der Waals surface area contributed by atoms with Gasteiger partial charge in [-0.2, -0.15) is 10.2 Å². The van der Waals surface area contributed by atoms with Gasteiger partial charge in [-0.05, 0) is 23.6 Å². The van der Waals surface area contributed by atoms with Crippen LogP contribution in [-0.2, 0) is 21.1 Å². The molecule has 0 saturated carbocycles. The smallest absolute Gasteiger partial charge is 0.153 e. The van der Waals surface area contributed by atoms with E-state index in [0.717, 1.165) is 11.1 Å². The predicted molar refractivity (Wildman–Crippen MR) is 127 cm³/mol. The molecule has 0 spiro atoms. The third-order valence-corrected chi connectivity index (χ3v) is 4.82. The number of benzene rings is 2. The summed E-state index contributed by atoms with van der Waals surface area (Å²) in [5, 5.41) is 7.95. The van der Waals surface area contributed by atoms with Gasteiger partial charge in [0.05, 0.1) is 12.4 Å². The molecule has 0 radical (unpaired) electrons. The molecule has 4 nitrogen and oxygen atoms in total. The first-order valence-electron chi connectivity index (χ1n) is 7.50. The molecule has 0 bridgehead atoms. The second-order valence-corrected chi connectivity index (χ2v) is 7.51. The first-order valence-corrected chi connectivity index (χ1v) is 10.8. The maximum atomic E-state index is 4.91. The zero-order valence-corrected chi connectivity index (χ0v) is 20.3. The summed E-state index contributed by atoms with van der Waals surface area (Å²) in [6.45, 7) is 0. The number of nitrogens with one attached hydrogen (secondary N) is 2. The van der Waals surface area contributed by atoms with Gasteiger partial charge in [0.1, 0.15) is 0 Å². The van der Waals surface area contributed by atoms with Gasteiger partial charge >= 0.3 is 0 Å². The molecular weight excluding hydrogens is 596 g/mol. The topological polar surface area (TPSA) is 48.8 Å². The van der Waals surface area contributed by atoms with Gasteiger partial charge in [0.25, 0.3) is 0 Å². The Bertz CT molecular complexity index is 661. The van der Waals surface area contributed by atoms with Crippen molar-refractivity contribution >= 4 is 69.0 Å². The summed E-state index contributed by atoms with van der Waals surface area (Å²) >= 11 is 12.8. The van der Waals surface area contributed by atoms with Gasteiger partial charge in [-0.15, -0.1) is 0 Å². The van der Waals surface area contributed by atoms with Crippen molar-refractivity contribution in [1.29, 1.82) is 0 Å². The number of thioether (sulfide) groups is 2. The summed E-state index contributed by atoms with van der Waals surface area (Å²) in [5.41, 5.74) is 7.60. The molecule has 0 aliphatic carbocycles. The molecule has 146 valence electrons. The number of nitrogens with zero attached hydrogens (tertiary/aromatic N) is 2. The van der Waals surface area contributed by atoms with Crippen LogP contribution in [-0.4, -0.2) is 33.6 Å². The van der Waals surface area contributed by atoms with Crippen molar-refractivity contribution in [2.24, 2.45) is 10.2 Å². The molecule has 2 aromatic rings. The average molecular weight is 616 g/mol. The number of thiocarbonyl (C=S) groups is 2. The molecule has 0 heterocycles. The quantitative estimate of drug-likeness (QED) is 0.300. The Labute approximate surface area is 194 Å². The molecule has 0 aliphatic heterocycles. The van der Waals surface area contributed by atoms with Crippen molar-refractivity contribution in [1.82, 2.24) is 10.9 Å². The van der Waals surface area contributed by atoms with E-state index < -0.39 is 0 Å². The van der Waals surface area contributed by atoms with E-state index in [4.69, 9.17) is 24.4 Å². The number of hydrogen-bond donors (Lipinski definition) is 2. The van der Waals surface area contributed by atoms with Crippen LogP contribution in [0.25, 0.3) is 0 Å². The van der Waals surface area contributed by atoms with E-state index in [1.54, 1.807) is 12.4 Å². The Morgan fingerprint density at radius 3 is 1.37 bits per heavy atom. The van der Waals surface area contributed by atoms with Crippen LogP contribution in [0.1, 0.15) is 11.1 Å². The van der Waals surface area contributed by atoms with Gasteiger partial charge in [-0.25, -0.2) is 0 Å². The first-order chi connectivity index (χ1) is 12.7. The summed E-state index contributed by atoms with van der Waals surface area (Å²) in [6.07, 6.45) is 7.30. The van der Waals surface area contributed by atoms with E-state index >= 15 is 0 Å². The van der Waals surface area contributed by atoms with Crippen LogP contribution in [0.15, 0.2) is 70.9 Å². The number of hydrazone groups is 2. The van der Waals surface area contributed by atoms with Crippen molar-refractivity contribution in [3.8, 4) is 0 Å². The zero-order valence-electron chi connectivity index (χ0n) is 14.8. The molecule has 0 unspecified atom stereocenters. The van der Waals surface area contributed by atoms with Crippen molar-refractivity contribution in [3.63, 3.8) is 0 Å². The van der Waals surface area contributed by atoms with Crippen molar-refractivity contribution in [3.05, 3.63) is 71.8 Å². The fraction of sp³-hybridized carbons (Fsp3) is 0.111. The molecule has 0 fully saturated rings. The van der Waals surface area contributed by atoms with E-state index in [1.807, 2.05) is 73.2 Å². The van der Waals surface area contributed by atoms with Gasteiger partial charge in [0.2, 0.25) is 0 Å². The van der Waals surface area contributed by atoms with E-state index in [2.05, 4.69) is 21.1 Å². The van der Waals surface area contributed by atoms with Crippen LogP contribution >= 0.6 is 48.0 Å². The fourth-order valence-corrected chi connectivity index (χ4v) is 1.88. The Morgan fingerprint density at radius 2 is 1.07 bits per heavy atom. The molecule has 2 aromatic carbocycles. The molecular formula is C18H20N4PtS4. The Kier molecular flexibility index (Phi) is 16.4. The molecule has 0 amide bonds. The summed E-state index contributed by atoms with van der Waals surface area (Å²) in [6, 6.07) is 19.7. The third-order valence-electron chi connectivity index (χ3n) is 2.71. The van der Waals surface area contributed by atoms with Crippen LogP contribution in [0, 0.1) is 0 Å². The molecule has 2 rings (SSSR count). The molecule has 0 atom stereocenters. The van der Waals surface area contributed by atoms with Gasteiger partial charge in [0, 0.05) is 21.1 Å². The van der Waals surface area contributed by atoms with Gasteiger partial charge < -0.3 is 0 Å². The summed E-state index contributed by atoms with van der Waals surface area (Å²) in [4.78, 5) is 0. The monoisotopic (exact) mass is 615 g/mol. The summed E-state index contributed by atoms with van der Waals surface area (Å²) < 4.78 is 1.35. The molecule has 9 heteroatoms. The van der Waals surface area contributed by atoms with Crippen LogP contribution in [0.3, 0.4) is 0 Å². The molecule has 27 heavy (non-hydrogen) atoms. The maximum absolute atomic E-state index is 4.91. The van der Waals surface area contributed by atoms with Gasteiger partial charge in [-0.3, -0.25) is 10.9 Å². The second-order valence-electron chi connectivity index (χ2n) is 4.54. The van der Waals surface area contributed by atoms with E-state index in [9.17, 15) is 0 Å². The zero-order chi connectivity index (χ0) is 19.0. The first kappa shape index (κ1) is 25.9. The standard InChI is InChI=1S/2C9H10N2S2.Pt/c2*1-13-9(12)11-10-7-8-5-3-2-4-6-8;/h2*2-7H,1H3,(H,11,12);. The predicted octanol–water partition coefficient (Wildman–Crippen LogP) is 4.51. The number of rotatable bonds is 4. The van der Waals surface area contributed by atoms with E-state index in [-0.39, 0.29) is 21.1 Å². The normalized spacial score (nSPS) is 9.85. The summed E-state index contributed by atoms with van der Waals surface area (Å²) in [5.74, 6) is 0. The van der Waals surface area contributed by atoms with Crippen molar-refractivity contribution in [2.45, 2.75) is 0 Å². The largest absolute Gasteiger partial charge is 0.262 e. The minimum atomic E-state index is 0. The van der Waals surface area contributed by atoms with E-state index in [1.165, 1.54) is 23.5 Å². The van der Waals surface area contributed by atoms with E-state index in [0.29, 0.717) is 8.64 Å². The van der Waals surface area contributed by atoms with Crippen LogP contribution in [0.2, 0.25) is 0 Å². The van der Waals surface area contributed by atoms with Crippen LogP contribution in [0.4, 0.5) is 0 Å². The molecule has 0 saturated heterocycles. The van der Waals surface area contributed by atoms with Gasteiger partial charge in [0.15, 0.2) is 8.64 Å². The molecule has 2 N–H and O–H groups in total. The molecule has 0 aromatic heterocycles. The summed E-state index contributed by atoms with van der Waals surface area (Å²) in [7, 11) is 0. The van der Waals surface area contributed by atoms with Crippen LogP contribution < -0.4 is 10.9 Å². The van der Waals surface area contributed by atoms with Crippen LogP contribution in [0.5, 0.6) is 0 Å². The van der Waals surface area contributed by atoms with Gasteiger partial charge in [-0.1, -0.05) is 109 Å². The maximum Gasteiger partial charge on any atom is 0.153 e. The average Bonchev–Trinajstić information content (AvgIpc) is 2.70. The molecule has 0 aliphatic rings. The fourth-order valence-electron chi connectivity index (χ4n) is 1.49. The van der Waals surface area contributed by atoms with Crippen molar-refractivity contribution < 1.29 is 21.1 Å². The minimum absolute atomic E-state index is 0. The second kappa shape index (κ2) is 17.1. The number of hydrogen-bond acceptors (Lipinski definition) is 6. The Hall–Kier alpha value is -1.05. The minimum Gasteiger partial charge on any atom is -0.262 e. The third kappa shape index (κ3) is 13.7. The van der Waals surface area contributed by atoms with Crippen molar-refractivity contribution in [2.75, 3.05) is 12.5 Å². The Balaban J connectivity index is 0.000000483. The SMILES string of the molecule is CSC(=S)NN=Cc1ccccc1.CSC(=S)NN=Cc1ccccc1.[Pt].